The Bertz CT molecular complexity index is 1500. The Morgan fingerprint density at radius 3 is 2.24 bits per heavy atom. The summed E-state index contributed by atoms with van der Waals surface area (Å²) >= 11 is 6.34. The van der Waals surface area contributed by atoms with E-state index in [1.165, 1.54) is 24.3 Å². The van der Waals surface area contributed by atoms with E-state index >= 15 is 0 Å². The number of anilines is 3. The van der Waals surface area contributed by atoms with Gasteiger partial charge in [0, 0.05) is 23.5 Å². The van der Waals surface area contributed by atoms with E-state index in [0.717, 1.165) is 16.2 Å². The Hall–Kier alpha value is -4.50. The lowest BCUT2D eigenvalue weighted by Crippen LogP contribution is -2.50. The van der Waals surface area contributed by atoms with Crippen molar-refractivity contribution in [1.29, 1.82) is 0 Å². The maximum atomic E-state index is 13.8. The topological polar surface area (TPSA) is 113 Å². The highest BCUT2D eigenvalue weighted by Gasteiger charge is 2.64. The van der Waals surface area contributed by atoms with Crippen LogP contribution in [0.15, 0.2) is 78.9 Å². The third-order valence-electron chi connectivity index (χ3n) is 7.12. The van der Waals surface area contributed by atoms with E-state index < -0.39 is 46.6 Å². The van der Waals surface area contributed by atoms with Crippen molar-refractivity contribution in [1.82, 2.24) is 0 Å². The molecule has 1 N–H and O–H groups in total. The van der Waals surface area contributed by atoms with Gasteiger partial charge in [-0.15, -0.1) is 0 Å². The van der Waals surface area contributed by atoms with Gasteiger partial charge in [-0.3, -0.25) is 24.5 Å². The van der Waals surface area contributed by atoms with E-state index in [-0.39, 0.29) is 16.4 Å². The largest absolute Gasteiger partial charge is 0.351 e. The minimum absolute atomic E-state index is 0.110. The lowest BCUT2D eigenvalue weighted by atomic mass is 9.88. The van der Waals surface area contributed by atoms with E-state index in [1.807, 2.05) is 41.3 Å². The molecule has 0 unspecified atom stereocenters. The van der Waals surface area contributed by atoms with Crippen LogP contribution < -0.4 is 15.1 Å². The van der Waals surface area contributed by atoms with Crippen LogP contribution in [-0.2, 0) is 14.4 Å². The van der Waals surface area contributed by atoms with Crippen molar-refractivity contribution in [3.8, 4) is 0 Å². The van der Waals surface area contributed by atoms with E-state index in [4.69, 9.17) is 11.6 Å². The zero-order chi connectivity index (χ0) is 25.8. The fourth-order valence-corrected chi connectivity index (χ4v) is 5.79. The molecule has 0 spiro atoms. The average Bonchev–Trinajstić information content (AvgIpc) is 3.37. The molecule has 3 aromatic carbocycles. The molecular formula is C27H19ClN4O5. The number of nitro groups is 1. The van der Waals surface area contributed by atoms with Gasteiger partial charge in [0.25, 0.3) is 5.69 Å². The number of carbonyl (C=O) groups excluding carboxylic acids is 3. The molecule has 4 atom stereocenters. The van der Waals surface area contributed by atoms with Gasteiger partial charge >= 0.3 is 0 Å². The average molecular weight is 515 g/mol. The minimum Gasteiger partial charge on any atom is -0.351 e. The number of amides is 3. The van der Waals surface area contributed by atoms with Crippen molar-refractivity contribution < 1.29 is 19.3 Å². The summed E-state index contributed by atoms with van der Waals surface area (Å²) < 4.78 is 0. The van der Waals surface area contributed by atoms with Gasteiger partial charge in [0.15, 0.2) is 0 Å². The number of imide groups is 1. The molecule has 184 valence electrons. The van der Waals surface area contributed by atoms with Crippen LogP contribution >= 0.6 is 11.6 Å². The second-order valence-corrected chi connectivity index (χ2v) is 9.48. The molecule has 3 heterocycles. The fourth-order valence-electron chi connectivity index (χ4n) is 5.57. The normalized spacial score (nSPS) is 23.5. The van der Waals surface area contributed by atoms with Crippen molar-refractivity contribution in [2.45, 2.75) is 12.1 Å². The number of nitrogens with one attached hydrogen (secondary N) is 1. The van der Waals surface area contributed by atoms with Crippen LogP contribution in [0.2, 0.25) is 5.02 Å². The fraction of sp³-hybridized carbons (Fsp3) is 0.148. The summed E-state index contributed by atoms with van der Waals surface area (Å²) in [6.45, 7) is 0. The Morgan fingerprint density at radius 1 is 0.892 bits per heavy atom. The first kappa shape index (κ1) is 22.9. The first-order valence-corrected chi connectivity index (χ1v) is 12.0. The van der Waals surface area contributed by atoms with Gasteiger partial charge < -0.3 is 10.2 Å². The monoisotopic (exact) mass is 514 g/mol. The molecule has 2 saturated heterocycles. The van der Waals surface area contributed by atoms with Gasteiger partial charge in [-0.1, -0.05) is 54.1 Å². The summed E-state index contributed by atoms with van der Waals surface area (Å²) in [5.41, 5.74) is 2.14. The molecule has 3 aliphatic rings. The number of non-ortho nitro benzene ring substituents is 1. The van der Waals surface area contributed by atoms with Crippen LogP contribution in [0.3, 0.4) is 0 Å². The maximum Gasteiger partial charge on any atom is 0.269 e. The van der Waals surface area contributed by atoms with E-state index in [0.29, 0.717) is 5.69 Å². The van der Waals surface area contributed by atoms with Gasteiger partial charge in [-0.25, -0.2) is 4.90 Å². The predicted molar refractivity (Wildman–Crippen MR) is 138 cm³/mol. The molecule has 10 heteroatoms. The Balaban J connectivity index is 1.42. The van der Waals surface area contributed by atoms with Crippen LogP contribution in [0.1, 0.15) is 5.56 Å². The molecule has 2 fully saturated rings. The van der Waals surface area contributed by atoms with E-state index in [1.54, 1.807) is 24.3 Å². The summed E-state index contributed by atoms with van der Waals surface area (Å²) in [7, 11) is 0. The van der Waals surface area contributed by atoms with Gasteiger partial charge in [0.05, 0.1) is 33.5 Å². The number of hydrogen-bond acceptors (Lipinski definition) is 6. The number of hydrogen-bond donors (Lipinski definition) is 1. The highest BCUT2D eigenvalue weighted by Crippen LogP contribution is 2.49. The summed E-state index contributed by atoms with van der Waals surface area (Å²) in [5.74, 6) is -3.14. The third-order valence-corrected chi connectivity index (χ3v) is 7.44. The summed E-state index contributed by atoms with van der Waals surface area (Å²) in [4.78, 5) is 54.8. The van der Waals surface area contributed by atoms with Crippen molar-refractivity contribution in [3.63, 3.8) is 0 Å². The van der Waals surface area contributed by atoms with Crippen LogP contribution in [0.4, 0.5) is 22.7 Å². The second-order valence-electron chi connectivity index (χ2n) is 9.07. The van der Waals surface area contributed by atoms with Gasteiger partial charge in [0.2, 0.25) is 17.7 Å². The number of nitrogens with zero attached hydrogens (tertiary/aromatic N) is 3. The molecular weight excluding hydrogens is 496 g/mol. The molecule has 3 amide bonds. The molecule has 0 bridgehead atoms. The van der Waals surface area contributed by atoms with Crippen LogP contribution in [-0.4, -0.2) is 34.7 Å². The van der Waals surface area contributed by atoms with E-state index in [9.17, 15) is 24.5 Å². The molecule has 9 nitrogen and oxygen atoms in total. The van der Waals surface area contributed by atoms with Gasteiger partial charge in [-0.2, -0.15) is 0 Å². The molecule has 0 aliphatic carbocycles. The highest BCUT2D eigenvalue weighted by molar-refractivity contribution is 6.36. The number of rotatable bonds is 4. The summed E-state index contributed by atoms with van der Waals surface area (Å²) in [6.07, 6.45) is 3.76. The zero-order valence-corrected chi connectivity index (χ0v) is 19.9. The number of nitro benzene ring substituents is 1. The van der Waals surface area contributed by atoms with E-state index in [2.05, 4.69) is 5.32 Å². The summed E-state index contributed by atoms with van der Waals surface area (Å²) in [6, 6.07) is 18.0. The molecule has 37 heavy (non-hydrogen) atoms. The quantitative estimate of drug-likeness (QED) is 0.316. The number of benzene rings is 3. The first-order valence-electron chi connectivity index (χ1n) is 11.6. The standard InChI is InChI=1S/C27H19ClN4O5/c28-18-6-2-4-8-20(18)31-26(34)22-21-14-9-15-5-1-3-7-19(15)30(21)24(23(22)27(31)35)25(33)29-16-10-12-17(13-11-16)32(36)37/h1-14,21-24H,(H,29,33)/t21-,22+,23-,24+/m1/s1. The van der Waals surface area contributed by atoms with Crippen molar-refractivity contribution in [2.75, 3.05) is 15.1 Å². The Labute approximate surface area is 216 Å². The van der Waals surface area contributed by atoms with Crippen LogP contribution in [0.25, 0.3) is 6.08 Å². The Morgan fingerprint density at radius 2 is 1.54 bits per heavy atom. The Kier molecular flexibility index (Phi) is 5.31. The van der Waals surface area contributed by atoms with Crippen molar-refractivity contribution in [3.05, 3.63) is 99.6 Å². The maximum absolute atomic E-state index is 13.8. The highest BCUT2D eigenvalue weighted by atomic mass is 35.5. The molecule has 0 aromatic heterocycles. The number of fused-ring (bicyclic) bond motifs is 5. The second kappa shape index (κ2) is 8.56. The number of carbonyl (C=O) groups is 3. The smallest absolute Gasteiger partial charge is 0.269 e. The lowest BCUT2D eigenvalue weighted by Gasteiger charge is -2.36. The van der Waals surface area contributed by atoms with Crippen molar-refractivity contribution >= 4 is 58.1 Å². The lowest BCUT2D eigenvalue weighted by molar-refractivity contribution is -0.384. The minimum atomic E-state index is -1.000. The molecule has 3 aliphatic heterocycles. The van der Waals surface area contributed by atoms with Crippen molar-refractivity contribution in [2.24, 2.45) is 11.8 Å². The third kappa shape index (κ3) is 3.50. The van der Waals surface area contributed by atoms with Gasteiger partial charge in [0.1, 0.15) is 6.04 Å². The molecule has 3 aromatic rings. The molecule has 0 saturated carbocycles. The van der Waals surface area contributed by atoms with Gasteiger partial charge in [-0.05, 0) is 35.9 Å². The molecule has 0 radical (unpaired) electrons. The number of halogens is 1. The zero-order valence-electron chi connectivity index (χ0n) is 19.2. The predicted octanol–water partition coefficient (Wildman–Crippen LogP) is 4.28. The molecule has 6 rings (SSSR count). The number of para-hydroxylation sites is 2. The van der Waals surface area contributed by atoms with Crippen LogP contribution in [0.5, 0.6) is 0 Å². The van der Waals surface area contributed by atoms with Crippen LogP contribution in [0, 0.1) is 22.0 Å². The summed E-state index contributed by atoms with van der Waals surface area (Å²) in [5, 5.41) is 14.1. The first-order chi connectivity index (χ1) is 17.9. The SMILES string of the molecule is O=C(Nc1ccc([N+](=O)[O-])cc1)[C@@H]1[C@@H]2C(=O)N(c3ccccc3Cl)C(=O)[C@H]2[C@H]2C=Cc3ccccc3N21.